The van der Waals surface area contributed by atoms with E-state index in [9.17, 15) is 0 Å². The molecular weight excluding hydrogens is 703 g/mol. The van der Waals surface area contributed by atoms with Crippen molar-refractivity contribution in [1.29, 1.82) is 0 Å². The Balaban J connectivity index is 1.23. The van der Waals surface area contributed by atoms with E-state index in [0.717, 1.165) is 19.3 Å². The fourth-order valence-electron chi connectivity index (χ4n) is 10.1. The molecule has 3 heterocycles. The summed E-state index contributed by atoms with van der Waals surface area (Å²) in [5.41, 5.74) is 16.4. The number of hydrogen-bond acceptors (Lipinski definition) is 1. The molecule has 2 unspecified atom stereocenters. The van der Waals surface area contributed by atoms with Gasteiger partial charge in [-0.3, -0.25) is 0 Å². The zero-order valence-electron chi connectivity index (χ0n) is 33.0. The van der Waals surface area contributed by atoms with E-state index in [1.807, 2.05) is 0 Å². The third kappa shape index (κ3) is 5.12. The minimum absolute atomic E-state index is 0.155. The SMILES string of the molecule is C/C=C(\C=C/CC)c1cccc(C2C=CC=CC2)c1N1c2cccc(-n3c4ccccc4c4cccc(-n5c6ccccc6c6ccccc65)c43)c2C2=CC=CCC21. The molecule has 0 spiro atoms. The fourth-order valence-corrected chi connectivity index (χ4v) is 10.1. The molecule has 280 valence electrons. The van der Waals surface area contributed by atoms with Gasteiger partial charge in [0.25, 0.3) is 0 Å². The summed E-state index contributed by atoms with van der Waals surface area (Å²) in [7, 11) is 0. The van der Waals surface area contributed by atoms with Crippen molar-refractivity contribution in [3.63, 3.8) is 0 Å². The number of aromatic nitrogens is 2. The molecule has 0 fully saturated rings. The Kier molecular flexibility index (Phi) is 8.29. The number of benzene rings is 6. The van der Waals surface area contributed by atoms with E-state index in [0.29, 0.717) is 0 Å². The number of rotatable bonds is 7. The van der Waals surface area contributed by atoms with E-state index in [2.05, 4.69) is 216 Å². The molecule has 0 saturated heterocycles. The van der Waals surface area contributed by atoms with Crippen molar-refractivity contribution < 1.29 is 0 Å². The molecule has 11 rings (SSSR count). The average Bonchev–Trinajstić information content (AvgIpc) is 3.93. The largest absolute Gasteiger partial charge is 0.332 e. The zero-order valence-corrected chi connectivity index (χ0v) is 33.0. The fraction of sp³-hybridized carbons (Fsp3) is 0.127. The van der Waals surface area contributed by atoms with Gasteiger partial charge in [0, 0.05) is 38.6 Å². The zero-order chi connectivity index (χ0) is 38.7. The van der Waals surface area contributed by atoms with Crippen molar-refractivity contribution >= 4 is 66.1 Å². The van der Waals surface area contributed by atoms with E-state index in [-0.39, 0.29) is 12.0 Å². The first kappa shape index (κ1) is 34.4. The highest BCUT2D eigenvalue weighted by Gasteiger charge is 2.40. The first-order chi connectivity index (χ1) is 28.8. The van der Waals surface area contributed by atoms with Crippen LogP contribution in [0, 0.1) is 0 Å². The van der Waals surface area contributed by atoms with Gasteiger partial charge >= 0.3 is 0 Å². The lowest BCUT2D eigenvalue weighted by Crippen LogP contribution is -2.29. The van der Waals surface area contributed by atoms with E-state index in [1.54, 1.807) is 0 Å². The van der Waals surface area contributed by atoms with Crippen molar-refractivity contribution in [2.24, 2.45) is 0 Å². The van der Waals surface area contributed by atoms with Gasteiger partial charge < -0.3 is 14.0 Å². The van der Waals surface area contributed by atoms with Crippen LogP contribution >= 0.6 is 0 Å². The van der Waals surface area contributed by atoms with Crippen LogP contribution in [-0.4, -0.2) is 15.2 Å². The summed E-state index contributed by atoms with van der Waals surface area (Å²) >= 11 is 0. The molecule has 0 N–H and O–H groups in total. The van der Waals surface area contributed by atoms with E-state index >= 15 is 0 Å². The van der Waals surface area contributed by atoms with Gasteiger partial charge in [0.05, 0.1) is 50.9 Å². The minimum atomic E-state index is 0.155. The molecule has 0 radical (unpaired) electrons. The summed E-state index contributed by atoms with van der Waals surface area (Å²) in [6.45, 7) is 4.39. The summed E-state index contributed by atoms with van der Waals surface area (Å²) in [4.78, 5) is 2.70. The standard InChI is InChI=1S/C55H45N3/c1-3-5-20-37(4-2)39-27-17-28-40(38-21-7-6-8-22-38)54(39)57-49-33-16-12-26-45(49)53-50(57)34-19-35-51(53)58-48-32-15-11-25-43(48)44-29-18-36-52(55(44)58)56-46-30-13-9-23-41(46)42-24-10-14-31-47(42)56/h4-21,23-32,34-36,38,49H,3,22,33H2,1-2H3/b20-5-,37-4+. The maximum Gasteiger partial charge on any atom is 0.0782 e. The van der Waals surface area contributed by atoms with Crippen LogP contribution in [-0.2, 0) is 0 Å². The van der Waals surface area contributed by atoms with Crippen molar-refractivity contribution in [2.75, 3.05) is 4.90 Å². The van der Waals surface area contributed by atoms with Gasteiger partial charge in [-0.2, -0.15) is 0 Å². The molecule has 58 heavy (non-hydrogen) atoms. The Hall–Kier alpha value is -6.84. The van der Waals surface area contributed by atoms with Crippen LogP contribution in [0.3, 0.4) is 0 Å². The highest BCUT2D eigenvalue weighted by atomic mass is 15.2. The van der Waals surface area contributed by atoms with Gasteiger partial charge in [-0.05, 0) is 79.3 Å². The Morgan fingerprint density at radius 1 is 0.621 bits per heavy atom. The summed E-state index contributed by atoms with van der Waals surface area (Å²) < 4.78 is 5.06. The topological polar surface area (TPSA) is 13.1 Å². The maximum absolute atomic E-state index is 2.70. The lowest BCUT2D eigenvalue weighted by atomic mass is 9.86. The minimum Gasteiger partial charge on any atom is -0.332 e. The van der Waals surface area contributed by atoms with Crippen LogP contribution < -0.4 is 4.90 Å². The van der Waals surface area contributed by atoms with Crippen molar-refractivity contribution in [3.8, 4) is 11.4 Å². The van der Waals surface area contributed by atoms with Crippen molar-refractivity contribution in [2.45, 2.75) is 45.1 Å². The van der Waals surface area contributed by atoms with Crippen LogP contribution in [0.1, 0.15) is 55.7 Å². The Bertz CT molecular complexity index is 3080. The second-order valence-electron chi connectivity index (χ2n) is 15.7. The molecule has 0 saturated carbocycles. The molecule has 6 aromatic carbocycles. The second kappa shape index (κ2) is 14.0. The lowest BCUT2D eigenvalue weighted by molar-refractivity contribution is 0.800. The molecule has 3 aliphatic rings. The van der Waals surface area contributed by atoms with Crippen LogP contribution in [0.25, 0.3) is 66.1 Å². The molecule has 8 aromatic rings. The van der Waals surface area contributed by atoms with Gasteiger partial charge in [-0.15, -0.1) is 0 Å². The number of fused-ring (bicyclic) bond motifs is 9. The average molecular weight is 748 g/mol. The van der Waals surface area contributed by atoms with Crippen molar-refractivity contribution in [3.05, 3.63) is 205 Å². The van der Waals surface area contributed by atoms with Gasteiger partial charge in [-0.1, -0.05) is 159 Å². The first-order valence-electron chi connectivity index (χ1n) is 20.9. The van der Waals surface area contributed by atoms with Crippen LogP contribution in [0.4, 0.5) is 11.4 Å². The van der Waals surface area contributed by atoms with Gasteiger partial charge in [-0.25, -0.2) is 0 Å². The number of hydrogen-bond donors (Lipinski definition) is 0. The Labute approximate surface area is 340 Å². The lowest BCUT2D eigenvalue weighted by Gasteiger charge is -2.34. The van der Waals surface area contributed by atoms with E-state index in [1.165, 1.54) is 94.2 Å². The highest BCUT2D eigenvalue weighted by Crippen LogP contribution is 2.54. The number of allylic oxidation sites excluding steroid dienone is 10. The normalized spacial score (nSPS) is 17.7. The predicted molar refractivity (Wildman–Crippen MR) is 248 cm³/mol. The third-order valence-electron chi connectivity index (χ3n) is 12.6. The summed E-state index contributed by atoms with van der Waals surface area (Å²) in [5.74, 6) is 0.290. The van der Waals surface area contributed by atoms with Crippen molar-refractivity contribution in [1.82, 2.24) is 9.13 Å². The quantitative estimate of drug-likeness (QED) is 0.148. The smallest absolute Gasteiger partial charge is 0.0782 e. The van der Waals surface area contributed by atoms with Gasteiger partial charge in [0.1, 0.15) is 0 Å². The van der Waals surface area contributed by atoms with Crippen LogP contribution in [0.2, 0.25) is 0 Å². The maximum atomic E-state index is 2.70. The second-order valence-corrected chi connectivity index (χ2v) is 15.7. The van der Waals surface area contributed by atoms with Gasteiger partial charge in [0.2, 0.25) is 0 Å². The highest BCUT2D eigenvalue weighted by molar-refractivity contribution is 6.15. The summed E-state index contributed by atoms with van der Waals surface area (Å²) in [6.07, 6.45) is 25.9. The third-order valence-corrected chi connectivity index (χ3v) is 12.6. The predicted octanol–water partition coefficient (Wildman–Crippen LogP) is 14.7. The van der Waals surface area contributed by atoms with Crippen LogP contribution in [0.15, 0.2) is 188 Å². The number of para-hydroxylation sites is 5. The molecule has 2 aromatic heterocycles. The van der Waals surface area contributed by atoms with E-state index in [4.69, 9.17) is 0 Å². The number of anilines is 2. The summed E-state index contributed by atoms with van der Waals surface area (Å²) in [5, 5.41) is 5.04. The van der Waals surface area contributed by atoms with E-state index < -0.39 is 0 Å². The molecule has 3 nitrogen and oxygen atoms in total. The molecule has 1 aliphatic heterocycles. The Morgan fingerprint density at radius 3 is 1.98 bits per heavy atom. The Morgan fingerprint density at radius 2 is 1.26 bits per heavy atom. The monoisotopic (exact) mass is 747 g/mol. The molecule has 0 bridgehead atoms. The number of nitrogens with zero attached hydrogens (tertiary/aromatic N) is 3. The molecular formula is C55H45N3. The first-order valence-corrected chi connectivity index (χ1v) is 20.9. The summed E-state index contributed by atoms with van der Waals surface area (Å²) in [6, 6.07) is 47.7. The molecule has 2 atom stereocenters. The molecule has 2 aliphatic carbocycles. The van der Waals surface area contributed by atoms with Gasteiger partial charge in [0.15, 0.2) is 0 Å². The molecule has 3 heteroatoms. The molecule has 0 amide bonds. The van der Waals surface area contributed by atoms with Crippen LogP contribution in [0.5, 0.6) is 0 Å².